The van der Waals surface area contributed by atoms with Gasteiger partial charge in [-0.05, 0) is 40.2 Å². The van der Waals surface area contributed by atoms with Gasteiger partial charge in [0.05, 0.1) is 26.5 Å². The predicted molar refractivity (Wildman–Crippen MR) is 128 cm³/mol. The molecule has 0 radical (unpaired) electrons. The zero-order chi connectivity index (χ0) is 24.3. The van der Waals surface area contributed by atoms with E-state index in [4.69, 9.17) is 27.2 Å². The monoisotopic (exact) mass is 585 g/mol. The Kier molecular flexibility index (Phi) is 8.62. The molecule has 13 heteroatoms. The molecule has 0 aliphatic heterocycles. The zero-order valence-corrected chi connectivity index (χ0v) is 20.9. The number of aliphatic hydroxyl groups is 1. The Morgan fingerprint density at radius 3 is 2.70 bits per heavy atom. The summed E-state index contributed by atoms with van der Waals surface area (Å²) in [4.78, 5) is 15.8. The molecular weight excluding hydrogens is 567 g/mol. The van der Waals surface area contributed by atoms with Crippen LogP contribution < -0.4 is 11.1 Å². The molecule has 3 aromatic rings. The van der Waals surface area contributed by atoms with E-state index in [9.17, 15) is 18.3 Å². The third-order valence-electron chi connectivity index (χ3n) is 5.11. The number of carboxylic acids is 1. The van der Waals surface area contributed by atoms with Gasteiger partial charge in [-0.25, -0.2) is 9.78 Å². The molecule has 1 saturated carbocycles. The number of thiophene rings is 2. The maximum Gasteiger partial charge on any atom is 0.490 e. The van der Waals surface area contributed by atoms with Crippen molar-refractivity contribution in [2.45, 2.75) is 50.0 Å². The van der Waals surface area contributed by atoms with Crippen molar-refractivity contribution in [2.75, 3.05) is 5.32 Å². The number of aliphatic carboxylic acids is 1. The molecule has 4 rings (SSSR count). The standard InChI is InChI=1S/C18H19BrClN3OS2.C2HF3O2/c19-14-16-18(26-17(14)10-4-1-5-12(24)15(10)21)11(7-13(20)23-16)22-8-9-3-2-6-25-9;3-2(4,5)1(6)7/h2-3,6-7,10,12,15,24H,1,4-5,8,21H2,(H,22,23);(H,6,7)/t10-,12+,15+;/m0./s1. The molecule has 3 aromatic heterocycles. The number of carbonyl (C=O) groups is 1. The number of nitrogens with zero attached hydrogens (tertiary/aromatic N) is 1. The average molecular weight is 587 g/mol. The molecule has 1 aliphatic carbocycles. The van der Waals surface area contributed by atoms with Crippen LogP contribution >= 0.6 is 50.2 Å². The Labute approximate surface area is 208 Å². The number of alkyl halides is 3. The van der Waals surface area contributed by atoms with Crippen molar-refractivity contribution < 1.29 is 28.2 Å². The van der Waals surface area contributed by atoms with Crippen molar-refractivity contribution in [1.29, 1.82) is 0 Å². The van der Waals surface area contributed by atoms with E-state index in [1.807, 2.05) is 12.1 Å². The maximum atomic E-state index is 10.6. The lowest BCUT2D eigenvalue weighted by Gasteiger charge is -2.32. The summed E-state index contributed by atoms with van der Waals surface area (Å²) in [6.45, 7) is 0.750. The summed E-state index contributed by atoms with van der Waals surface area (Å²) in [5.41, 5.74) is 8.15. The molecular formula is C20H20BrClF3N3O3S2. The van der Waals surface area contributed by atoms with Gasteiger partial charge in [-0.3, -0.25) is 0 Å². The number of aliphatic hydroxyl groups excluding tert-OH is 1. The van der Waals surface area contributed by atoms with Gasteiger partial charge in [-0.1, -0.05) is 24.1 Å². The van der Waals surface area contributed by atoms with Crippen LogP contribution in [0, 0.1) is 0 Å². The average Bonchev–Trinajstić information content (AvgIpc) is 3.37. The van der Waals surface area contributed by atoms with Crippen LogP contribution in [-0.2, 0) is 11.3 Å². The molecule has 3 atom stereocenters. The Morgan fingerprint density at radius 2 is 2.09 bits per heavy atom. The first-order chi connectivity index (χ1) is 15.5. The minimum atomic E-state index is -5.08. The Morgan fingerprint density at radius 1 is 1.39 bits per heavy atom. The summed E-state index contributed by atoms with van der Waals surface area (Å²) >= 11 is 13.4. The zero-order valence-electron chi connectivity index (χ0n) is 16.9. The highest BCUT2D eigenvalue weighted by Crippen LogP contribution is 2.46. The molecule has 0 saturated heterocycles. The topological polar surface area (TPSA) is 108 Å². The second-order valence-corrected chi connectivity index (χ2v) is 10.6. The quantitative estimate of drug-likeness (QED) is 0.280. The largest absolute Gasteiger partial charge is 0.490 e. The number of pyridine rings is 1. The molecule has 1 aliphatic rings. The van der Waals surface area contributed by atoms with E-state index in [1.165, 1.54) is 4.88 Å². The van der Waals surface area contributed by atoms with Gasteiger partial charge in [0, 0.05) is 34.3 Å². The van der Waals surface area contributed by atoms with Crippen LogP contribution in [0.25, 0.3) is 10.2 Å². The Balaban J connectivity index is 0.000000383. The summed E-state index contributed by atoms with van der Waals surface area (Å²) in [5.74, 6) is -2.62. The molecule has 5 N–H and O–H groups in total. The number of hydrogen-bond acceptors (Lipinski definition) is 7. The van der Waals surface area contributed by atoms with Crippen LogP contribution in [0.1, 0.15) is 34.9 Å². The fraction of sp³-hybridized carbons (Fsp3) is 0.400. The fourth-order valence-corrected chi connectivity index (χ4v) is 6.61. The lowest BCUT2D eigenvalue weighted by atomic mass is 9.82. The molecule has 0 bridgehead atoms. The Bertz CT molecular complexity index is 1110. The van der Waals surface area contributed by atoms with Gasteiger partial charge < -0.3 is 21.3 Å². The summed E-state index contributed by atoms with van der Waals surface area (Å²) in [6, 6.07) is 5.79. The number of nitrogens with one attached hydrogen (secondary N) is 1. The number of carboxylic acid groups (broad SMARTS) is 1. The molecule has 3 heterocycles. The SMILES string of the molecule is N[C@H]1[C@H](O)CCC[C@@H]1c1sc2c(NCc3cccs3)cc(Cl)nc2c1Br.O=C(O)C(F)(F)F. The van der Waals surface area contributed by atoms with Gasteiger partial charge >= 0.3 is 12.1 Å². The van der Waals surface area contributed by atoms with E-state index >= 15 is 0 Å². The van der Waals surface area contributed by atoms with Crippen LogP contribution in [0.2, 0.25) is 5.15 Å². The van der Waals surface area contributed by atoms with Crippen molar-refractivity contribution in [3.63, 3.8) is 0 Å². The van der Waals surface area contributed by atoms with E-state index in [1.54, 1.807) is 22.7 Å². The van der Waals surface area contributed by atoms with Crippen molar-refractivity contribution in [3.8, 4) is 0 Å². The van der Waals surface area contributed by atoms with E-state index in [0.29, 0.717) is 5.15 Å². The molecule has 33 heavy (non-hydrogen) atoms. The molecule has 0 aromatic carbocycles. The molecule has 6 nitrogen and oxygen atoms in total. The first-order valence-electron chi connectivity index (χ1n) is 9.77. The summed E-state index contributed by atoms with van der Waals surface area (Å²) in [5, 5.41) is 23.3. The lowest BCUT2D eigenvalue weighted by Crippen LogP contribution is -2.42. The van der Waals surface area contributed by atoms with Gasteiger partial charge in [-0.2, -0.15) is 13.2 Å². The van der Waals surface area contributed by atoms with Gasteiger partial charge in [0.1, 0.15) is 5.15 Å². The fourth-order valence-electron chi connectivity index (χ4n) is 3.50. The van der Waals surface area contributed by atoms with Gasteiger partial charge in [0.25, 0.3) is 0 Å². The minimum Gasteiger partial charge on any atom is -0.475 e. The maximum absolute atomic E-state index is 10.6. The second-order valence-electron chi connectivity index (χ2n) is 7.37. The van der Waals surface area contributed by atoms with Crippen molar-refractivity contribution in [1.82, 2.24) is 4.98 Å². The number of rotatable bonds is 4. The third kappa shape index (κ3) is 6.37. The van der Waals surface area contributed by atoms with Crippen molar-refractivity contribution >= 4 is 72.1 Å². The smallest absolute Gasteiger partial charge is 0.475 e. The number of fused-ring (bicyclic) bond motifs is 1. The van der Waals surface area contributed by atoms with Crippen molar-refractivity contribution in [3.05, 3.63) is 43.0 Å². The van der Waals surface area contributed by atoms with Gasteiger partial charge in [-0.15, -0.1) is 22.7 Å². The number of anilines is 1. The number of nitrogens with two attached hydrogens (primary N) is 1. The molecule has 180 valence electrons. The summed E-state index contributed by atoms with van der Waals surface area (Å²) in [6.07, 6.45) is -2.79. The number of halogens is 5. The highest BCUT2D eigenvalue weighted by Gasteiger charge is 2.38. The van der Waals surface area contributed by atoms with E-state index in [2.05, 4.69) is 37.7 Å². The lowest BCUT2D eigenvalue weighted by molar-refractivity contribution is -0.192. The Hall–Kier alpha value is -1.44. The molecule has 0 amide bonds. The molecule has 0 unspecified atom stereocenters. The third-order valence-corrected chi connectivity index (χ3v) is 8.59. The minimum absolute atomic E-state index is 0.135. The molecule has 0 spiro atoms. The van der Waals surface area contributed by atoms with Crippen LogP contribution in [0.5, 0.6) is 0 Å². The van der Waals surface area contributed by atoms with E-state index < -0.39 is 18.2 Å². The molecule has 1 fully saturated rings. The van der Waals surface area contributed by atoms with Crippen molar-refractivity contribution in [2.24, 2.45) is 5.73 Å². The number of hydrogen-bond donors (Lipinski definition) is 4. The first-order valence-corrected chi connectivity index (χ1v) is 12.6. The summed E-state index contributed by atoms with van der Waals surface area (Å²) in [7, 11) is 0. The first kappa shape index (κ1) is 26.2. The highest BCUT2D eigenvalue weighted by molar-refractivity contribution is 9.10. The van der Waals surface area contributed by atoms with E-state index in [0.717, 1.165) is 51.1 Å². The highest BCUT2D eigenvalue weighted by atomic mass is 79.9. The summed E-state index contributed by atoms with van der Waals surface area (Å²) < 4.78 is 33.8. The second kappa shape index (κ2) is 10.9. The van der Waals surface area contributed by atoms with Crippen LogP contribution in [-0.4, -0.2) is 39.5 Å². The normalized spacial score (nSPS) is 20.9. The predicted octanol–water partition coefficient (Wildman–Crippen LogP) is 5.97. The van der Waals surface area contributed by atoms with Gasteiger partial charge in [0.15, 0.2) is 0 Å². The van der Waals surface area contributed by atoms with Crippen LogP contribution in [0.15, 0.2) is 28.1 Å². The van der Waals surface area contributed by atoms with Crippen LogP contribution in [0.4, 0.5) is 18.9 Å². The van der Waals surface area contributed by atoms with Crippen LogP contribution in [0.3, 0.4) is 0 Å². The van der Waals surface area contributed by atoms with Gasteiger partial charge in [0.2, 0.25) is 0 Å². The van der Waals surface area contributed by atoms with E-state index in [-0.39, 0.29) is 12.0 Å². The number of aromatic nitrogens is 1.